The minimum absolute atomic E-state index is 0.164. The number of hydrogen-bond donors (Lipinski definition) is 2. The van der Waals surface area contributed by atoms with E-state index in [1.54, 1.807) is 0 Å². The molecule has 5 N–H and O–H groups in total. The topological polar surface area (TPSA) is 86.2 Å². The van der Waals surface area contributed by atoms with Crippen molar-refractivity contribution in [3.63, 3.8) is 0 Å². The normalized spacial score (nSPS) is 13.4. The molecule has 0 bridgehead atoms. The summed E-state index contributed by atoms with van der Waals surface area (Å²) < 4.78 is 0. The molecule has 0 saturated heterocycles. The summed E-state index contributed by atoms with van der Waals surface area (Å²) in [4.78, 5) is 9.71. The number of rotatable bonds is 2. The summed E-state index contributed by atoms with van der Waals surface area (Å²) in [5, 5.41) is 14.5. The van der Waals surface area contributed by atoms with Gasteiger partial charge < -0.3 is 15.9 Å². The maximum atomic E-state index is 9.71. The molecule has 0 aliphatic rings. The SMILES string of the molecule is NCC(O)C(=O)[OH2+]. The van der Waals surface area contributed by atoms with Crippen LogP contribution in [-0.4, -0.2) is 28.8 Å². The first kappa shape index (κ1) is 6.39. The summed E-state index contributed by atoms with van der Waals surface area (Å²) in [6.45, 7) is -0.164. The molecule has 4 nitrogen and oxygen atoms in total. The number of carbonyl (C=O) groups excluding carboxylic acids is 1. The second-order valence-corrected chi connectivity index (χ2v) is 1.12. The summed E-state index contributed by atoms with van der Waals surface area (Å²) in [5.41, 5.74) is 4.78. The van der Waals surface area contributed by atoms with E-state index in [2.05, 4.69) is 0 Å². The van der Waals surface area contributed by atoms with Gasteiger partial charge in [-0.1, -0.05) is 0 Å². The van der Waals surface area contributed by atoms with Crippen molar-refractivity contribution < 1.29 is 15.0 Å². The quantitative estimate of drug-likeness (QED) is 0.383. The van der Waals surface area contributed by atoms with Crippen LogP contribution in [0.2, 0.25) is 0 Å². The Balaban J connectivity index is 3.34. The van der Waals surface area contributed by atoms with E-state index in [0.29, 0.717) is 0 Å². The third-order valence-corrected chi connectivity index (χ3v) is 0.526. The van der Waals surface area contributed by atoms with Crippen LogP contribution in [0.5, 0.6) is 0 Å². The van der Waals surface area contributed by atoms with Gasteiger partial charge in [0, 0.05) is 11.3 Å². The van der Waals surface area contributed by atoms with E-state index in [1.807, 2.05) is 0 Å². The standard InChI is InChI=1S/C3H7NO3/c4-1-2(5)3(6)7/h2,5H,1,4H2,(H,6,7)/p+1. The summed E-state index contributed by atoms with van der Waals surface area (Å²) in [6.07, 6.45) is -1.29. The Morgan fingerprint density at radius 3 is 2.43 bits per heavy atom. The van der Waals surface area contributed by atoms with Crippen LogP contribution in [0.1, 0.15) is 0 Å². The van der Waals surface area contributed by atoms with Crippen molar-refractivity contribution in [2.24, 2.45) is 5.73 Å². The van der Waals surface area contributed by atoms with Gasteiger partial charge >= 0.3 is 5.97 Å². The van der Waals surface area contributed by atoms with Crippen molar-refractivity contribution in [1.29, 1.82) is 0 Å². The molecule has 0 aliphatic heterocycles. The molecule has 0 aromatic heterocycles. The Bertz CT molecular complexity index is 72.6. The smallest absolute Gasteiger partial charge is 0.546 e. The first-order valence-electron chi connectivity index (χ1n) is 1.82. The molecule has 0 heterocycles. The molecule has 0 saturated carbocycles. The predicted octanol–water partition coefficient (Wildman–Crippen LogP) is -2.44. The van der Waals surface area contributed by atoms with E-state index in [0.717, 1.165) is 0 Å². The fraction of sp³-hybridized carbons (Fsp3) is 0.667. The zero-order valence-corrected chi connectivity index (χ0v) is 3.72. The van der Waals surface area contributed by atoms with Crippen LogP contribution in [0.4, 0.5) is 0 Å². The largest absolute Gasteiger partial charge is 0.563 e. The number of nitrogens with two attached hydrogens (primary N) is 1. The van der Waals surface area contributed by atoms with E-state index < -0.39 is 12.1 Å². The lowest BCUT2D eigenvalue weighted by atomic mass is 10.4. The number of aliphatic hydroxyl groups is 1. The van der Waals surface area contributed by atoms with Gasteiger partial charge in [0.1, 0.15) is 0 Å². The van der Waals surface area contributed by atoms with Gasteiger partial charge in [-0.25, -0.2) is 0 Å². The Morgan fingerprint density at radius 2 is 2.43 bits per heavy atom. The highest BCUT2D eigenvalue weighted by Crippen LogP contribution is 1.73. The van der Waals surface area contributed by atoms with E-state index >= 15 is 0 Å². The highest BCUT2D eigenvalue weighted by Gasteiger charge is 2.17. The second-order valence-electron chi connectivity index (χ2n) is 1.12. The van der Waals surface area contributed by atoms with Crippen LogP contribution in [0, 0.1) is 0 Å². The molecule has 0 amide bonds. The molecule has 0 rings (SSSR count). The predicted molar refractivity (Wildman–Crippen MR) is 23.7 cm³/mol. The molecular weight excluding hydrogens is 98.0 g/mol. The van der Waals surface area contributed by atoms with Crippen molar-refractivity contribution in [2.75, 3.05) is 6.54 Å². The molecule has 0 fully saturated rings. The lowest BCUT2D eigenvalue weighted by Crippen LogP contribution is -2.28. The first-order chi connectivity index (χ1) is 3.18. The third kappa shape index (κ3) is 2.13. The highest BCUT2D eigenvalue weighted by atomic mass is 16.4. The molecule has 0 aliphatic carbocycles. The summed E-state index contributed by atoms with van der Waals surface area (Å²) in [7, 11) is 0. The summed E-state index contributed by atoms with van der Waals surface area (Å²) in [5.74, 6) is -1.03. The van der Waals surface area contributed by atoms with Crippen molar-refractivity contribution in [2.45, 2.75) is 6.10 Å². The molecule has 0 aromatic carbocycles. The average molecular weight is 106 g/mol. The highest BCUT2D eigenvalue weighted by molar-refractivity contribution is 5.72. The van der Waals surface area contributed by atoms with E-state index in [4.69, 9.17) is 15.9 Å². The van der Waals surface area contributed by atoms with Crippen molar-refractivity contribution in [3.05, 3.63) is 0 Å². The van der Waals surface area contributed by atoms with E-state index in [1.165, 1.54) is 0 Å². The van der Waals surface area contributed by atoms with Gasteiger partial charge in [0.2, 0.25) is 6.10 Å². The molecule has 4 heteroatoms. The monoisotopic (exact) mass is 106 g/mol. The number of aliphatic hydroxyl groups excluding tert-OH is 1. The Labute approximate surface area is 40.6 Å². The molecule has 42 valence electrons. The average Bonchev–Trinajstić information content (AvgIpc) is 1.65. The van der Waals surface area contributed by atoms with Crippen molar-refractivity contribution >= 4 is 5.97 Å². The minimum atomic E-state index is -1.29. The molecule has 1 unspecified atom stereocenters. The molecule has 7 heavy (non-hydrogen) atoms. The van der Waals surface area contributed by atoms with Crippen LogP contribution in [0.25, 0.3) is 0 Å². The Morgan fingerprint density at radius 1 is 2.00 bits per heavy atom. The van der Waals surface area contributed by atoms with Crippen molar-refractivity contribution in [3.8, 4) is 0 Å². The fourth-order valence-corrected chi connectivity index (χ4v) is 0.107. The fourth-order valence-electron chi connectivity index (χ4n) is 0.107. The molecule has 0 aromatic rings. The van der Waals surface area contributed by atoms with Crippen LogP contribution < -0.4 is 5.73 Å². The maximum absolute atomic E-state index is 9.71. The van der Waals surface area contributed by atoms with Crippen LogP contribution in [0.15, 0.2) is 0 Å². The van der Waals surface area contributed by atoms with Crippen LogP contribution in [0.3, 0.4) is 0 Å². The van der Waals surface area contributed by atoms with Gasteiger partial charge in [-0.05, 0) is 0 Å². The lowest BCUT2D eigenvalue weighted by Gasteiger charge is -1.90. The lowest BCUT2D eigenvalue weighted by molar-refractivity contribution is -0.145. The minimum Gasteiger partial charge on any atom is -0.563 e. The summed E-state index contributed by atoms with van der Waals surface area (Å²) in [6, 6.07) is 0. The van der Waals surface area contributed by atoms with Gasteiger partial charge in [-0.3, -0.25) is 0 Å². The zero-order valence-electron chi connectivity index (χ0n) is 3.72. The number of carbonyl (C=O) groups is 1. The van der Waals surface area contributed by atoms with E-state index in [-0.39, 0.29) is 6.54 Å². The van der Waals surface area contributed by atoms with Gasteiger partial charge in [0.15, 0.2) is 0 Å². The van der Waals surface area contributed by atoms with Gasteiger partial charge in [-0.15, -0.1) is 0 Å². The van der Waals surface area contributed by atoms with Crippen LogP contribution in [-0.2, 0) is 4.79 Å². The van der Waals surface area contributed by atoms with Crippen LogP contribution >= 0.6 is 0 Å². The van der Waals surface area contributed by atoms with E-state index in [9.17, 15) is 4.79 Å². The summed E-state index contributed by atoms with van der Waals surface area (Å²) >= 11 is 0. The third-order valence-electron chi connectivity index (χ3n) is 0.526. The Kier molecular flexibility index (Phi) is 2.32. The molecule has 0 spiro atoms. The van der Waals surface area contributed by atoms with Crippen molar-refractivity contribution in [1.82, 2.24) is 0 Å². The zero-order chi connectivity index (χ0) is 5.86. The molecule has 1 atom stereocenters. The second kappa shape index (κ2) is 2.54. The molecular formula is C3H8NO3+. The Hall–Kier alpha value is -0.610. The van der Waals surface area contributed by atoms with Gasteiger partial charge in [-0.2, -0.15) is 0 Å². The number of hydrogen-bond acceptors (Lipinski definition) is 3. The van der Waals surface area contributed by atoms with Gasteiger partial charge in [0.25, 0.3) is 0 Å². The maximum Gasteiger partial charge on any atom is 0.546 e. The first-order valence-corrected chi connectivity index (χ1v) is 1.82. The van der Waals surface area contributed by atoms with Gasteiger partial charge in [0.05, 0.1) is 0 Å². The molecule has 0 radical (unpaired) electrons.